The Bertz CT molecular complexity index is 1030. The highest BCUT2D eigenvalue weighted by Crippen LogP contribution is 2.49. The number of aromatic nitrogens is 2. The third-order valence-corrected chi connectivity index (χ3v) is 5.46. The number of pyridine rings is 2. The zero-order valence-electron chi connectivity index (χ0n) is 13.8. The SMILES string of the molecule is O=Cc1ccc(C2Cc3nccc(Oc4ccc(N=O)cc4F)c3S2)nc1. The molecule has 2 aromatic heterocycles. The van der Waals surface area contributed by atoms with Crippen LogP contribution in [0.4, 0.5) is 10.1 Å². The summed E-state index contributed by atoms with van der Waals surface area (Å²) < 4.78 is 19.8. The van der Waals surface area contributed by atoms with Gasteiger partial charge in [0.15, 0.2) is 17.9 Å². The number of fused-ring (bicyclic) bond motifs is 1. The maximum Gasteiger partial charge on any atom is 0.167 e. The van der Waals surface area contributed by atoms with E-state index in [9.17, 15) is 14.1 Å². The maximum atomic E-state index is 14.1. The molecule has 134 valence electrons. The molecule has 1 atom stereocenters. The van der Waals surface area contributed by atoms with E-state index in [1.165, 1.54) is 30.1 Å². The number of rotatable bonds is 5. The molecule has 0 bridgehead atoms. The zero-order chi connectivity index (χ0) is 18.8. The molecule has 1 aliphatic heterocycles. The fraction of sp³-hybridized carbons (Fsp3) is 0.105. The van der Waals surface area contributed by atoms with Crippen molar-refractivity contribution in [3.8, 4) is 11.5 Å². The molecule has 0 fully saturated rings. The Kier molecular flexibility index (Phi) is 4.64. The van der Waals surface area contributed by atoms with Crippen LogP contribution in [0.3, 0.4) is 0 Å². The lowest BCUT2D eigenvalue weighted by molar-refractivity contribution is 0.112. The summed E-state index contributed by atoms with van der Waals surface area (Å²) in [6.07, 6.45) is 4.55. The quantitative estimate of drug-likeness (QED) is 0.456. The Labute approximate surface area is 157 Å². The van der Waals surface area contributed by atoms with Crippen LogP contribution in [0.25, 0.3) is 0 Å². The van der Waals surface area contributed by atoms with Gasteiger partial charge in [0.2, 0.25) is 0 Å². The average Bonchev–Trinajstić information content (AvgIpc) is 3.15. The molecule has 27 heavy (non-hydrogen) atoms. The van der Waals surface area contributed by atoms with Gasteiger partial charge in [-0.2, -0.15) is 0 Å². The van der Waals surface area contributed by atoms with Crippen LogP contribution in [0.15, 0.2) is 58.9 Å². The predicted molar refractivity (Wildman–Crippen MR) is 98.1 cm³/mol. The number of carbonyl (C=O) groups excluding carboxylic acids is 1. The zero-order valence-corrected chi connectivity index (χ0v) is 14.6. The fourth-order valence-electron chi connectivity index (χ4n) is 2.77. The number of benzene rings is 1. The van der Waals surface area contributed by atoms with Gasteiger partial charge in [0.05, 0.1) is 21.5 Å². The lowest BCUT2D eigenvalue weighted by atomic mass is 10.1. The van der Waals surface area contributed by atoms with Gasteiger partial charge in [-0.05, 0) is 29.4 Å². The lowest BCUT2D eigenvalue weighted by Crippen LogP contribution is -1.97. The first-order valence-corrected chi connectivity index (χ1v) is 8.92. The summed E-state index contributed by atoms with van der Waals surface area (Å²) in [4.78, 5) is 30.8. The molecule has 6 nitrogen and oxygen atoms in total. The normalized spacial score (nSPS) is 15.2. The molecule has 0 saturated heterocycles. The maximum absolute atomic E-state index is 14.1. The molecule has 0 amide bonds. The van der Waals surface area contributed by atoms with E-state index in [2.05, 4.69) is 15.1 Å². The number of thioether (sulfide) groups is 1. The minimum Gasteiger partial charge on any atom is -0.453 e. The van der Waals surface area contributed by atoms with E-state index >= 15 is 0 Å². The van der Waals surface area contributed by atoms with E-state index in [0.717, 1.165) is 28.6 Å². The first kappa shape index (κ1) is 17.3. The van der Waals surface area contributed by atoms with Gasteiger partial charge in [0, 0.05) is 36.5 Å². The van der Waals surface area contributed by atoms with Crippen molar-refractivity contribution in [3.05, 3.63) is 76.5 Å². The van der Waals surface area contributed by atoms with Crippen LogP contribution in [-0.4, -0.2) is 16.3 Å². The van der Waals surface area contributed by atoms with Crippen molar-refractivity contribution in [2.45, 2.75) is 16.6 Å². The molecular weight excluding hydrogens is 369 g/mol. The van der Waals surface area contributed by atoms with E-state index in [-0.39, 0.29) is 16.7 Å². The Balaban J connectivity index is 1.59. The van der Waals surface area contributed by atoms with Crippen molar-refractivity contribution in [2.75, 3.05) is 0 Å². The number of nitrogens with zero attached hydrogens (tertiary/aromatic N) is 3. The van der Waals surface area contributed by atoms with Crippen LogP contribution in [0.1, 0.15) is 27.0 Å². The number of carbonyl (C=O) groups is 1. The Morgan fingerprint density at radius 3 is 2.78 bits per heavy atom. The summed E-state index contributed by atoms with van der Waals surface area (Å²) in [7, 11) is 0. The van der Waals surface area contributed by atoms with Gasteiger partial charge in [-0.3, -0.25) is 14.8 Å². The second kappa shape index (κ2) is 7.24. The van der Waals surface area contributed by atoms with Gasteiger partial charge >= 0.3 is 0 Å². The van der Waals surface area contributed by atoms with Crippen molar-refractivity contribution < 1.29 is 13.9 Å². The van der Waals surface area contributed by atoms with E-state index < -0.39 is 5.82 Å². The second-order valence-corrected chi connectivity index (χ2v) is 7.05. The molecule has 0 radical (unpaired) electrons. The molecular formula is C19H12FN3O3S. The highest BCUT2D eigenvalue weighted by atomic mass is 32.2. The lowest BCUT2D eigenvalue weighted by Gasteiger charge is -2.11. The third-order valence-electron chi connectivity index (χ3n) is 4.10. The summed E-state index contributed by atoms with van der Waals surface area (Å²) in [6.45, 7) is 0. The molecule has 0 N–H and O–H groups in total. The van der Waals surface area contributed by atoms with E-state index in [1.807, 2.05) is 6.07 Å². The topological polar surface area (TPSA) is 81.5 Å². The van der Waals surface area contributed by atoms with E-state index in [4.69, 9.17) is 4.74 Å². The summed E-state index contributed by atoms with van der Waals surface area (Å²) >= 11 is 1.53. The summed E-state index contributed by atoms with van der Waals surface area (Å²) in [5.41, 5.74) is 2.20. The molecule has 3 heterocycles. The van der Waals surface area contributed by atoms with Crippen LogP contribution in [0.5, 0.6) is 11.5 Å². The van der Waals surface area contributed by atoms with E-state index in [0.29, 0.717) is 17.7 Å². The number of halogens is 1. The molecule has 8 heteroatoms. The Morgan fingerprint density at radius 1 is 1.19 bits per heavy atom. The molecule has 4 rings (SSSR count). The van der Waals surface area contributed by atoms with Gasteiger partial charge in [-0.1, -0.05) is 0 Å². The molecule has 0 spiro atoms. The number of aldehydes is 1. The first-order valence-electron chi connectivity index (χ1n) is 8.04. The van der Waals surface area contributed by atoms with Gasteiger partial charge in [-0.25, -0.2) is 4.39 Å². The fourth-order valence-corrected chi connectivity index (χ4v) is 4.06. The molecule has 3 aromatic rings. The second-order valence-electron chi connectivity index (χ2n) is 5.84. The monoisotopic (exact) mass is 381 g/mol. The summed E-state index contributed by atoms with van der Waals surface area (Å²) in [6, 6.07) is 9.00. The highest BCUT2D eigenvalue weighted by Gasteiger charge is 2.29. The van der Waals surface area contributed by atoms with Gasteiger partial charge in [0.25, 0.3) is 0 Å². The van der Waals surface area contributed by atoms with Crippen LogP contribution in [-0.2, 0) is 6.42 Å². The van der Waals surface area contributed by atoms with Crippen molar-refractivity contribution in [1.82, 2.24) is 9.97 Å². The van der Waals surface area contributed by atoms with E-state index in [1.54, 1.807) is 18.3 Å². The van der Waals surface area contributed by atoms with Crippen molar-refractivity contribution >= 4 is 23.7 Å². The molecule has 0 aliphatic carbocycles. The first-order chi connectivity index (χ1) is 13.2. The van der Waals surface area contributed by atoms with Gasteiger partial charge in [-0.15, -0.1) is 16.7 Å². The number of hydrogen-bond acceptors (Lipinski definition) is 7. The van der Waals surface area contributed by atoms with Crippen molar-refractivity contribution in [1.29, 1.82) is 0 Å². The smallest absolute Gasteiger partial charge is 0.167 e. The number of nitroso groups, excluding NO2 is 1. The Hall–Kier alpha value is -3.13. The minimum absolute atomic E-state index is 0.000841. The molecule has 0 saturated carbocycles. The van der Waals surface area contributed by atoms with Crippen LogP contribution < -0.4 is 4.74 Å². The minimum atomic E-state index is -0.664. The summed E-state index contributed by atoms with van der Waals surface area (Å²) in [5, 5.41) is 2.74. The van der Waals surface area contributed by atoms with Crippen LogP contribution >= 0.6 is 11.8 Å². The highest BCUT2D eigenvalue weighted by molar-refractivity contribution is 8.00. The van der Waals surface area contributed by atoms with Crippen LogP contribution in [0.2, 0.25) is 0 Å². The largest absolute Gasteiger partial charge is 0.453 e. The van der Waals surface area contributed by atoms with Crippen molar-refractivity contribution in [3.63, 3.8) is 0 Å². The third kappa shape index (κ3) is 3.43. The molecule has 1 unspecified atom stereocenters. The molecule has 1 aliphatic rings. The number of ether oxygens (including phenoxy) is 1. The molecule has 1 aromatic carbocycles. The Morgan fingerprint density at radius 2 is 2.07 bits per heavy atom. The summed E-state index contributed by atoms with van der Waals surface area (Å²) in [5.74, 6) is -0.167. The standard InChI is InChI=1S/C19H12FN3O3S/c20-13-7-12(23-25)2-4-16(13)26-17-5-6-21-15-8-18(27-19(15)17)14-3-1-11(10-24)9-22-14/h1-7,9-10,18H,8H2. The number of hydrogen-bond donors (Lipinski definition) is 0. The van der Waals surface area contributed by atoms with Crippen LogP contribution in [0, 0.1) is 10.7 Å². The average molecular weight is 381 g/mol. The van der Waals surface area contributed by atoms with Crippen molar-refractivity contribution in [2.24, 2.45) is 5.18 Å². The van der Waals surface area contributed by atoms with Gasteiger partial charge < -0.3 is 4.74 Å². The predicted octanol–water partition coefficient (Wildman–Crippen LogP) is 5.01. The van der Waals surface area contributed by atoms with Gasteiger partial charge in [0.1, 0.15) is 11.4 Å².